The summed E-state index contributed by atoms with van der Waals surface area (Å²) >= 11 is 15.2. The van der Waals surface area contributed by atoms with E-state index in [0.29, 0.717) is 32.5 Å². The molecule has 0 aliphatic heterocycles. The SMILES string of the molecule is Cc1ccc(SN=Nc2ccc(C(=O)c3ccc(N=NSc4ccc(C)cc4)c(Cl)c3)cc2Cl)cc1. The van der Waals surface area contributed by atoms with Crippen molar-refractivity contribution in [3.05, 3.63) is 117 Å². The third-order valence-corrected chi connectivity index (χ3v) is 6.95. The molecule has 36 heavy (non-hydrogen) atoms. The Bertz CT molecular complexity index is 1330. The maximum Gasteiger partial charge on any atom is 0.193 e. The molecule has 0 fully saturated rings. The summed E-state index contributed by atoms with van der Waals surface area (Å²) in [5, 5.41) is 9.02. The van der Waals surface area contributed by atoms with E-state index in [1.165, 1.54) is 35.0 Å². The van der Waals surface area contributed by atoms with Gasteiger partial charge >= 0.3 is 0 Å². The Morgan fingerprint density at radius 1 is 0.611 bits per heavy atom. The molecule has 0 saturated heterocycles. The molecule has 0 bridgehead atoms. The van der Waals surface area contributed by atoms with Crippen LogP contribution in [0.4, 0.5) is 11.4 Å². The zero-order valence-electron chi connectivity index (χ0n) is 19.4. The number of hydrogen-bond acceptors (Lipinski definition) is 7. The Balaban J connectivity index is 1.41. The van der Waals surface area contributed by atoms with Crippen molar-refractivity contribution in [2.45, 2.75) is 23.6 Å². The van der Waals surface area contributed by atoms with Crippen molar-refractivity contribution in [1.82, 2.24) is 0 Å². The summed E-state index contributed by atoms with van der Waals surface area (Å²) in [6.45, 7) is 4.05. The first kappa shape index (κ1) is 26.1. The highest BCUT2D eigenvalue weighted by Crippen LogP contribution is 2.32. The third kappa shape index (κ3) is 7.04. The van der Waals surface area contributed by atoms with Gasteiger partial charge in [-0.2, -0.15) is 0 Å². The van der Waals surface area contributed by atoms with Gasteiger partial charge < -0.3 is 0 Å². The average molecular weight is 552 g/mol. The molecule has 0 N–H and O–H groups in total. The van der Waals surface area contributed by atoms with Gasteiger partial charge in [-0.15, -0.1) is 19.3 Å². The van der Waals surface area contributed by atoms with Gasteiger partial charge in [0.1, 0.15) is 11.4 Å². The molecule has 9 heteroatoms. The minimum atomic E-state index is -0.214. The number of nitrogens with zero attached hydrogens (tertiary/aromatic N) is 4. The lowest BCUT2D eigenvalue weighted by atomic mass is 10.0. The zero-order chi connectivity index (χ0) is 25.5. The fraction of sp³-hybridized carbons (Fsp3) is 0.0741. The largest absolute Gasteiger partial charge is 0.289 e. The second-order valence-electron chi connectivity index (χ2n) is 7.83. The highest BCUT2D eigenvalue weighted by molar-refractivity contribution is 7.98. The van der Waals surface area contributed by atoms with Crippen molar-refractivity contribution < 1.29 is 4.79 Å². The smallest absolute Gasteiger partial charge is 0.193 e. The van der Waals surface area contributed by atoms with Crippen LogP contribution in [-0.2, 0) is 0 Å². The molecule has 0 atom stereocenters. The second-order valence-corrected chi connectivity index (χ2v) is 10.3. The van der Waals surface area contributed by atoms with E-state index in [4.69, 9.17) is 23.2 Å². The summed E-state index contributed by atoms with van der Waals surface area (Å²) in [4.78, 5) is 14.9. The predicted octanol–water partition coefficient (Wildman–Crippen LogP) is 10.4. The van der Waals surface area contributed by atoms with Gasteiger partial charge in [0.05, 0.1) is 10.0 Å². The number of carbonyl (C=O) groups excluding carboxylic acids is 1. The monoisotopic (exact) mass is 550 g/mol. The Kier molecular flexibility index (Phi) is 8.93. The molecule has 0 spiro atoms. The maximum atomic E-state index is 13.0. The molecular weight excluding hydrogens is 531 g/mol. The summed E-state index contributed by atoms with van der Waals surface area (Å²) in [6, 6.07) is 25.8. The van der Waals surface area contributed by atoms with Crippen LogP contribution in [0.15, 0.2) is 114 Å². The summed E-state index contributed by atoms with van der Waals surface area (Å²) in [6.07, 6.45) is 0. The van der Waals surface area contributed by atoms with Crippen molar-refractivity contribution >= 4 is 64.3 Å². The van der Waals surface area contributed by atoms with Crippen LogP contribution in [0.3, 0.4) is 0 Å². The Labute approximate surface area is 228 Å². The highest BCUT2D eigenvalue weighted by atomic mass is 35.5. The van der Waals surface area contributed by atoms with Crippen LogP contribution < -0.4 is 0 Å². The lowest BCUT2D eigenvalue weighted by Crippen LogP contribution is -2.01. The fourth-order valence-electron chi connectivity index (χ4n) is 3.05. The van der Waals surface area contributed by atoms with Crippen molar-refractivity contribution in [1.29, 1.82) is 0 Å². The van der Waals surface area contributed by atoms with E-state index in [0.717, 1.165) is 9.79 Å². The molecule has 5 nitrogen and oxygen atoms in total. The van der Waals surface area contributed by atoms with Gasteiger partial charge in [0.25, 0.3) is 0 Å². The summed E-state index contributed by atoms with van der Waals surface area (Å²) in [7, 11) is 0. The van der Waals surface area contributed by atoms with E-state index < -0.39 is 0 Å². The van der Waals surface area contributed by atoms with Crippen LogP contribution >= 0.6 is 47.1 Å². The number of hydrogen-bond donors (Lipinski definition) is 0. The standard InChI is InChI=1S/C27H20Cl2N4OS2/c1-17-3-9-21(10-4-17)35-32-30-25-13-7-19(15-23(25)28)27(34)20-8-14-26(24(29)16-20)31-33-36-22-11-5-18(2)6-12-22/h3-16H,1-2H3. The average Bonchev–Trinajstić information content (AvgIpc) is 2.88. The molecular formula is C27H20Cl2N4OS2. The first-order chi connectivity index (χ1) is 17.4. The number of benzene rings is 4. The molecule has 4 aromatic carbocycles. The quantitative estimate of drug-likeness (QED) is 0.124. The normalized spacial score (nSPS) is 11.4. The first-order valence-corrected chi connectivity index (χ1v) is 13.1. The Morgan fingerprint density at radius 3 is 1.36 bits per heavy atom. The number of halogens is 2. The topological polar surface area (TPSA) is 66.5 Å². The summed E-state index contributed by atoms with van der Waals surface area (Å²) in [5.74, 6) is -0.214. The molecule has 0 radical (unpaired) electrons. The molecule has 0 aromatic heterocycles. The molecule has 4 aromatic rings. The molecule has 0 heterocycles. The number of aryl methyl sites for hydroxylation is 2. The molecule has 180 valence electrons. The molecule has 0 aliphatic carbocycles. The lowest BCUT2D eigenvalue weighted by Gasteiger charge is -2.05. The molecule has 0 unspecified atom stereocenters. The highest BCUT2D eigenvalue weighted by Gasteiger charge is 2.13. The second kappa shape index (κ2) is 12.3. The van der Waals surface area contributed by atoms with Gasteiger partial charge in [-0.3, -0.25) is 4.79 Å². The van der Waals surface area contributed by atoms with Crippen LogP contribution in [-0.4, -0.2) is 5.78 Å². The molecule has 4 rings (SSSR count). The van der Waals surface area contributed by atoms with Gasteiger partial charge in [-0.25, -0.2) is 0 Å². The molecule has 0 amide bonds. The number of rotatable bonds is 8. The zero-order valence-corrected chi connectivity index (χ0v) is 22.5. The van der Waals surface area contributed by atoms with Crippen molar-refractivity contribution in [2.75, 3.05) is 0 Å². The van der Waals surface area contributed by atoms with E-state index in [9.17, 15) is 4.79 Å². The third-order valence-electron chi connectivity index (χ3n) is 5.05. The van der Waals surface area contributed by atoms with E-state index >= 15 is 0 Å². The first-order valence-electron chi connectivity index (χ1n) is 10.8. The van der Waals surface area contributed by atoms with Crippen molar-refractivity contribution in [3.8, 4) is 0 Å². The lowest BCUT2D eigenvalue weighted by molar-refractivity contribution is 0.103. The summed E-state index contributed by atoms with van der Waals surface area (Å²) < 4.78 is 8.28. The van der Waals surface area contributed by atoms with Crippen LogP contribution in [0.2, 0.25) is 10.0 Å². The maximum absolute atomic E-state index is 13.0. The van der Waals surface area contributed by atoms with Crippen LogP contribution in [0, 0.1) is 13.8 Å². The fourth-order valence-corrected chi connectivity index (χ4v) is 4.44. The van der Waals surface area contributed by atoms with Gasteiger partial charge in [0.2, 0.25) is 0 Å². The molecule has 0 saturated carbocycles. The minimum absolute atomic E-state index is 0.214. The van der Waals surface area contributed by atoms with E-state index in [1.54, 1.807) is 36.4 Å². The van der Waals surface area contributed by atoms with E-state index in [1.807, 2.05) is 62.4 Å². The van der Waals surface area contributed by atoms with Crippen LogP contribution in [0.5, 0.6) is 0 Å². The predicted molar refractivity (Wildman–Crippen MR) is 149 cm³/mol. The van der Waals surface area contributed by atoms with Gasteiger partial charge in [-0.05, 0) is 74.5 Å². The van der Waals surface area contributed by atoms with E-state index in [2.05, 4.69) is 19.3 Å². The number of carbonyl (C=O) groups is 1. The van der Waals surface area contributed by atoms with Crippen LogP contribution in [0.25, 0.3) is 0 Å². The van der Waals surface area contributed by atoms with E-state index in [-0.39, 0.29) is 5.78 Å². The van der Waals surface area contributed by atoms with Crippen molar-refractivity contribution in [2.24, 2.45) is 19.3 Å². The van der Waals surface area contributed by atoms with Crippen LogP contribution in [0.1, 0.15) is 27.0 Å². The summed E-state index contributed by atoms with van der Waals surface area (Å²) in [5.41, 5.74) is 4.16. The Morgan fingerprint density at radius 2 is 1.00 bits per heavy atom. The van der Waals surface area contributed by atoms with Gasteiger partial charge in [0, 0.05) is 44.8 Å². The molecule has 0 aliphatic rings. The van der Waals surface area contributed by atoms with Gasteiger partial charge in [0.15, 0.2) is 5.78 Å². The van der Waals surface area contributed by atoms with Crippen molar-refractivity contribution in [3.63, 3.8) is 0 Å². The number of ketones is 1. The Hall–Kier alpha value is -2.97. The minimum Gasteiger partial charge on any atom is -0.289 e. The van der Waals surface area contributed by atoms with Gasteiger partial charge in [-0.1, -0.05) is 58.6 Å².